The fraction of sp³-hybridized carbons (Fsp3) is 0.381. The van der Waals surface area contributed by atoms with Gasteiger partial charge in [-0.25, -0.2) is 0 Å². The summed E-state index contributed by atoms with van der Waals surface area (Å²) >= 11 is 0. The van der Waals surface area contributed by atoms with E-state index in [1.54, 1.807) is 48.5 Å². The molecule has 2 aliphatic heterocycles. The van der Waals surface area contributed by atoms with Gasteiger partial charge in [0.15, 0.2) is 24.3 Å². The van der Waals surface area contributed by atoms with Gasteiger partial charge in [-0.2, -0.15) is 0 Å². The molecule has 3 unspecified atom stereocenters. The first-order valence-corrected chi connectivity index (χ1v) is 9.32. The molecule has 29 heavy (non-hydrogen) atoms. The van der Waals surface area contributed by atoms with Gasteiger partial charge in [-0.1, -0.05) is 42.5 Å². The average Bonchev–Trinajstić information content (AvgIpc) is 2.76. The Balaban J connectivity index is 1.67. The molecular weight excluding hydrogens is 380 g/mol. The van der Waals surface area contributed by atoms with Gasteiger partial charge in [-0.15, -0.1) is 0 Å². The number of para-hydroxylation sites is 1. The smallest absolute Gasteiger partial charge is 0.199 e. The lowest BCUT2D eigenvalue weighted by Crippen LogP contribution is -2.60. The molecule has 154 valence electrons. The number of aliphatic hydroxyl groups is 4. The number of hydrogen-bond acceptors (Lipinski definition) is 8. The zero-order valence-electron chi connectivity index (χ0n) is 15.4. The topological polar surface area (TPSA) is 126 Å². The third-order valence-electron chi connectivity index (χ3n) is 5.20. The van der Waals surface area contributed by atoms with Crippen molar-refractivity contribution in [3.63, 3.8) is 0 Å². The van der Waals surface area contributed by atoms with Crippen molar-refractivity contribution in [3.05, 3.63) is 65.7 Å². The SMILES string of the molecule is O=C1c2ccccc2OC(c2ccccc2)C1OC1O[C@H](CO)[C@@H](O)[C@H](O)[C@H]1O. The van der Waals surface area contributed by atoms with E-state index in [-0.39, 0.29) is 5.78 Å². The maximum absolute atomic E-state index is 13.2. The monoisotopic (exact) mass is 402 g/mol. The van der Waals surface area contributed by atoms with Crippen LogP contribution in [0.25, 0.3) is 0 Å². The summed E-state index contributed by atoms with van der Waals surface area (Å²) in [4.78, 5) is 13.2. The van der Waals surface area contributed by atoms with Gasteiger partial charge in [0.2, 0.25) is 0 Å². The van der Waals surface area contributed by atoms with E-state index in [1.165, 1.54) is 0 Å². The largest absolute Gasteiger partial charge is 0.482 e. The van der Waals surface area contributed by atoms with Crippen LogP contribution in [0.1, 0.15) is 22.0 Å². The van der Waals surface area contributed by atoms with E-state index in [2.05, 4.69) is 0 Å². The van der Waals surface area contributed by atoms with Crippen LogP contribution in [0.4, 0.5) is 0 Å². The Bertz CT molecular complexity index is 855. The van der Waals surface area contributed by atoms with E-state index >= 15 is 0 Å². The number of aliphatic hydroxyl groups excluding tert-OH is 4. The summed E-state index contributed by atoms with van der Waals surface area (Å²) in [6.07, 6.45) is -9.30. The summed E-state index contributed by atoms with van der Waals surface area (Å²) in [5, 5.41) is 39.6. The number of hydrogen-bond donors (Lipinski definition) is 4. The highest BCUT2D eigenvalue weighted by Crippen LogP contribution is 2.38. The predicted octanol–water partition coefficient (Wildman–Crippen LogP) is 0.188. The van der Waals surface area contributed by atoms with Crippen molar-refractivity contribution in [1.29, 1.82) is 0 Å². The lowest BCUT2D eigenvalue weighted by atomic mass is 9.93. The minimum absolute atomic E-state index is 0.328. The number of benzene rings is 2. The van der Waals surface area contributed by atoms with Crippen molar-refractivity contribution in [1.82, 2.24) is 0 Å². The number of Topliss-reactive ketones (excluding diaryl/α,β-unsaturated/α-hetero) is 1. The summed E-state index contributed by atoms with van der Waals surface area (Å²) in [7, 11) is 0. The second-order valence-electron chi connectivity index (χ2n) is 7.06. The Hall–Kier alpha value is -2.33. The van der Waals surface area contributed by atoms with E-state index in [9.17, 15) is 25.2 Å². The summed E-state index contributed by atoms with van der Waals surface area (Å²) < 4.78 is 17.3. The zero-order chi connectivity index (χ0) is 20.5. The van der Waals surface area contributed by atoms with E-state index < -0.39 is 49.5 Å². The van der Waals surface area contributed by atoms with Gasteiger partial charge in [0.05, 0.1) is 12.2 Å². The lowest BCUT2D eigenvalue weighted by molar-refractivity contribution is -0.311. The van der Waals surface area contributed by atoms with Crippen LogP contribution >= 0.6 is 0 Å². The fourth-order valence-corrected chi connectivity index (χ4v) is 3.61. The lowest BCUT2D eigenvalue weighted by Gasteiger charge is -2.42. The molecule has 0 saturated carbocycles. The van der Waals surface area contributed by atoms with Crippen molar-refractivity contribution in [2.75, 3.05) is 6.61 Å². The summed E-state index contributed by atoms with van der Waals surface area (Å²) in [5.74, 6) is 0.0534. The average molecular weight is 402 g/mol. The minimum atomic E-state index is -1.62. The van der Waals surface area contributed by atoms with Crippen molar-refractivity contribution in [2.24, 2.45) is 0 Å². The third kappa shape index (κ3) is 3.66. The minimum Gasteiger partial charge on any atom is -0.482 e. The molecule has 2 aliphatic rings. The molecule has 8 nitrogen and oxygen atoms in total. The molecule has 2 heterocycles. The van der Waals surface area contributed by atoms with Crippen LogP contribution in [0.15, 0.2) is 54.6 Å². The van der Waals surface area contributed by atoms with Crippen molar-refractivity contribution >= 4 is 5.78 Å². The molecule has 4 N–H and O–H groups in total. The van der Waals surface area contributed by atoms with Gasteiger partial charge in [0.25, 0.3) is 0 Å². The number of ketones is 1. The molecular formula is C21H22O8. The first-order chi connectivity index (χ1) is 14.0. The highest BCUT2D eigenvalue weighted by atomic mass is 16.7. The molecule has 0 amide bonds. The summed E-state index contributed by atoms with van der Waals surface area (Å²) in [6, 6.07) is 15.8. The molecule has 0 aliphatic carbocycles. The van der Waals surface area contributed by atoms with Crippen LogP contribution in [-0.4, -0.2) is 69.6 Å². The molecule has 0 bridgehead atoms. The normalized spacial score (nSPS) is 34.3. The van der Waals surface area contributed by atoms with Crippen LogP contribution in [-0.2, 0) is 9.47 Å². The van der Waals surface area contributed by atoms with Crippen molar-refractivity contribution in [3.8, 4) is 5.75 Å². The quantitative estimate of drug-likeness (QED) is 0.571. The predicted molar refractivity (Wildman–Crippen MR) is 99.2 cm³/mol. The molecule has 0 radical (unpaired) electrons. The van der Waals surface area contributed by atoms with Crippen LogP contribution < -0.4 is 4.74 Å². The zero-order valence-corrected chi connectivity index (χ0v) is 15.4. The molecule has 1 saturated heterocycles. The van der Waals surface area contributed by atoms with E-state index in [1.807, 2.05) is 6.07 Å². The first kappa shape index (κ1) is 20.0. The highest BCUT2D eigenvalue weighted by Gasteiger charge is 2.48. The Morgan fingerprint density at radius 2 is 1.59 bits per heavy atom. The highest BCUT2D eigenvalue weighted by molar-refractivity contribution is 6.03. The van der Waals surface area contributed by atoms with Gasteiger partial charge in [-0.05, 0) is 17.7 Å². The van der Waals surface area contributed by atoms with Gasteiger partial charge in [-0.3, -0.25) is 4.79 Å². The van der Waals surface area contributed by atoms with E-state index in [0.717, 1.165) is 0 Å². The maximum atomic E-state index is 13.2. The van der Waals surface area contributed by atoms with Gasteiger partial charge in [0.1, 0.15) is 30.2 Å². The first-order valence-electron chi connectivity index (χ1n) is 9.32. The standard InChI is InChI=1S/C21H22O8/c22-10-14-16(24)17(25)18(26)21(28-14)29-20-15(23)12-8-4-5-9-13(12)27-19(20)11-6-2-1-3-7-11/h1-9,14,16-22,24-26H,10H2/t14-,16-,17+,18-,19?,20?,21?/m1/s1. The number of carbonyl (C=O) groups excluding carboxylic acids is 1. The van der Waals surface area contributed by atoms with Crippen LogP contribution in [0.5, 0.6) is 5.75 Å². The molecule has 7 atom stereocenters. The van der Waals surface area contributed by atoms with Gasteiger partial charge in [0, 0.05) is 0 Å². The molecule has 2 aromatic carbocycles. The number of carbonyl (C=O) groups is 1. The van der Waals surface area contributed by atoms with Crippen molar-refractivity contribution in [2.45, 2.75) is 42.9 Å². The second kappa shape index (κ2) is 8.19. The Morgan fingerprint density at radius 1 is 0.897 bits per heavy atom. The van der Waals surface area contributed by atoms with E-state index in [4.69, 9.17) is 14.2 Å². The summed E-state index contributed by atoms with van der Waals surface area (Å²) in [6.45, 7) is -0.592. The Morgan fingerprint density at radius 3 is 2.31 bits per heavy atom. The summed E-state index contributed by atoms with van der Waals surface area (Å²) in [5.41, 5.74) is 1.01. The Labute approximate surface area is 166 Å². The number of rotatable bonds is 4. The van der Waals surface area contributed by atoms with Crippen LogP contribution in [0, 0.1) is 0 Å². The number of ether oxygens (including phenoxy) is 3. The Kier molecular flexibility index (Phi) is 5.64. The molecule has 0 aromatic heterocycles. The van der Waals surface area contributed by atoms with Crippen LogP contribution in [0.3, 0.4) is 0 Å². The van der Waals surface area contributed by atoms with Crippen LogP contribution in [0.2, 0.25) is 0 Å². The molecule has 1 fully saturated rings. The van der Waals surface area contributed by atoms with Crippen molar-refractivity contribution < 1.29 is 39.4 Å². The maximum Gasteiger partial charge on any atom is 0.199 e. The molecule has 8 heteroatoms. The van der Waals surface area contributed by atoms with Gasteiger partial charge < -0.3 is 34.6 Å². The molecule has 0 spiro atoms. The fourth-order valence-electron chi connectivity index (χ4n) is 3.61. The van der Waals surface area contributed by atoms with Gasteiger partial charge >= 0.3 is 0 Å². The number of fused-ring (bicyclic) bond motifs is 1. The molecule has 2 aromatic rings. The molecule has 4 rings (SSSR count). The third-order valence-corrected chi connectivity index (χ3v) is 5.20. The van der Waals surface area contributed by atoms with E-state index in [0.29, 0.717) is 16.9 Å². The second-order valence-corrected chi connectivity index (χ2v) is 7.06.